The third kappa shape index (κ3) is 4.92. The highest BCUT2D eigenvalue weighted by Gasteiger charge is 2.19. The van der Waals surface area contributed by atoms with Crippen LogP contribution in [0.5, 0.6) is 0 Å². The lowest BCUT2D eigenvalue weighted by molar-refractivity contribution is -0.127. The number of aromatic nitrogens is 3. The first-order valence-corrected chi connectivity index (χ1v) is 8.76. The second-order valence-electron chi connectivity index (χ2n) is 5.99. The van der Waals surface area contributed by atoms with Gasteiger partial charge >= 0.3 is 0 Å². The van der Waals surface area contributed by atoms with E-state index in [9.17, 15) is 4.79 Å². The lowest BCUT2D eigenvalue weighted by Gasteiger charge is -2.16. The van der Waals surface area contributed by atoms with E-state index in [2.05, 4.69) is 45.2 Å². The summed E-state index contributed by atoms with van der Waals surface area (Å²) < 4.78 is 2.58. The zero-order valence-corrected chi connectivity index (χ0v) is 15.5. The van der Waals surface area contributed by atoms with Crippen LogP contribution in [0.25, 0.3) is 5.65 Å². The Balaban J connectivity index is 0.000000168. The van der Waals surface area contributed by atoms with Crippen molar-refractivity contribution < 1.29 is 4.79 Å². The highest BCUT2D eigenvalue weighted by atomic mass is 79.9. The zero-order valence-electron chi connectivity index (χ0n) is 13.9. The topological polar surface area (TPSA) is 62.5 Å². The van der Waals surface area contributed by atoms with Crippen molar-refractivity contribution in [3.05, 3.63) is 22.9 Å². The Morgan fingerprint density at radius 3 is 2.78 bits per heavy atom. The average Bonchev–Trinajstić information content (AvgIpc) is 3.12. The lowest BCUT2D eigenvalue weighted by atomic mass is 10.1. The molecule has 6 nitrogen and oxygen atoms in total. The Bertz CT molecular complexity index is 655. The second kappa shape index (κ2) is 8.29. The maximum absolute atomic E-state index is 11.1. The van der Waals surface area contributed by atoms with Crippen LogP contribution in [0.15, 0.2) is 22.9 Å². The standard InChI is InChI=1S/C9H17NO.C7H7BrN4/c1-8(2)5-7-10-6-3-4-9(10)11;1-9-6-2-3-7-10-4-5(8)12(7)11-6/h8H,3-7H2,1-2H3;2-4H,1H3,(H,9,11). The Kier molecular flexibility index (Phi) is 6.38. The fourth-order valence-electron chi connectivity index (χ4n) is 2.33. The first kappa shape index (κ1) is 17.7. The van der Waals surface area contributed by atoms with E-state index in [-0.39, 0.29) is 0 Å². The maximum atomic E-state index is 11.1. The summed E-state index contributed by atoms with van der Waals surface area (Å²) in [6.45, 7) is 6.35. The smallest absolute Gasteiger partial charge is 0.222 e. The summed E-state index contributed by atoms with van der Waals surface area (Å²) in [6, 6.07) is 3.79. The minimum atomic E-state index is 0.352. The van der Waals surface area contributed by atoms with E-state index in [1.165, 1.54) is 0 Å². The van der Waals surface area contributed by atoms with Gasteiger partial charge in [-0.15, -0.1) is 5.10 Å². The van der Waals surface area contributed by atoms with Crippen LogP contribution in [0.2, 0.25) is 0 Å². The molecular formula is C16H24BrN5O. The third-order valence-corrected chi connectivity index (χ3v) is 4.27. The monoisotopic (exact) mass is 381 g/mol. The number of carbonyl (C=O) groups is 1. The quantitative estimate of drug-likeness (QED) is 0.882. The van der Waals surface area contributed by atoms with E-state index in [0.29, 0.717) is 11.8 Å². The van der Waals surface area contributed by atoms with Gasteiger partial charge in [-0.2, -0.15) is 0 Å². The number of halogens is 1. The molecule has 0 aromatic carbocycles. The average molecular weight is 382 g/mol. The van der Waals surface area contributed by atoms with E-state index < -0.39 is 0 Å². The molecule has 3 heterocycles. The summed E-state index contributed by atoms with van der Waals surface area (Å²) in [7, 11) is 1.83. The molecule has 126 valence electrons. The summed E-state index contributed by atoms with van der Waals surface area (Å²) in [5.74, 6) is 1.88. The van der Waals surface area contributed by atoms with Gasteiger partial charge in [-0.1, -0.05) is 13.8 Å². The number of likely N-dealkylation sites (tertiary alicyclic amines) is 1. The third-order valence-electron chi connectivity index (χ3n) is 3.72. The number of imidazole rings is 1. The van der Waals surface area contributed by atoms with Gasteiger partial charge in [0.05, 0.1) is 6.20 Å². The van der Waals surface area contributed by atoms with Crippen molar-refractivity contribution in [2.45, 2.75) is 33.1 Å². The molecule has 23 heavy (non-hydrogen) atoms. The normalized spacial score (nSPS) is 14.3. The maximum Gasteiger partial charge on any atom is 0.222 e. The van der Waals surface area contributed by atoms with Crippen molar-refractivity contribution in [3.63, 3.8) is 0 Å². The number of rotatable bonds is 4. The van der Waals surface area contributed by atoms with Gasteiger partial charge in [0.1, 0.15) is 10.4 Å². The van der Waals surface area contributed by atoms with Gasteiger partial charge < -0.3 is 10.2 Å². The fraction of sp³-hybridized carbons (Fsp3) is 0.562. The number of nitrogens with one attached hydrogen (secondary N) is 1. The van der Waals surface area contributed by atoms with Crippen molar-refractivity contribution in [1.82, 2.24) is 19.5 Å². The number of anilines is 1. The number of nitrogens with zero attached hydrogens (tertiary/aromatic N) is 4. The number of fused-ring (bicyclic) bond motifs is 1. The van der Waals surface area contributed by atoms with Crippen LogP contribution in [0.1, 0.15) is 33.1 Å². The van der Waals surface area contributed by atoms with Crippen molar-refractivity contribution in [3.8, 4) is 0 Å². The molecule has 2 aromatic heterocycles. The Morgan fingerprint density at radius 1 is 1.39 bits per heavy atom. The SMILES string of the molecule is CC(C)CCN1CCCC1=O.CNc1ccc2ncc(Br)n2n1. The molecule has 0 atom stereocenters. The Morgan fingerprint density at radius 2 is 2.17 bits per heavy atom. The summed E-state index contributed by atoms with van der Waals surface area (Å²) >= 11 is 3.34. The van der Waals surface area contributed by atoms with Crippen LogP contribution in [0.3, 0.4) is 0 Å². The van der Waals surface area contributed by atoms with Gasteiger partial charge in [-0.3, -0.25) is 4.79 Å². The van der Waals surface area contributed by atoms with Crippen LogP contribution in [0.4, 0.5) is 5.82 Å². The van der Waals surface area contributed by atoms with E-state index >= 15 is 0 Å². The molecule has 1 saturated heterocycles. The van der Waals surface area contributed by atoms with Gasteiger partial charge in [-0.05, 0) is 46.8 Å². The molecule has 1 aliphatic heterocycles. The largest absolute Gasteiger partial charge is 0.372 e. The van der Waals surface area contributed by atoms with Crippen LogP contribution in [-0.4, -0.2) is 45.5 Å². The van der Waals surface area contributed by atoms with Gasteiger partial charge in [0.15, 0.2) is 5.65 Å². The predicted molar refractivity (Wildman–Crippen MR) is 95.5 cm³/mol. The molecule has 7 heteroatoms. The summed E-state index contributed by atoms with van der Waals surface area (Å²) in [6.07, 6.45) is 4.71. The molecule has 3 rings (SSSR count). The molecule has 1 aliphatic rings. The molecule has 0 radical (unpaired) electrons. The summed E-state index contributed by atoms with van der Waals surface area (Å²) in [4.78, 5) is 17.2. The Hall–Kier alpha value is -1.63. The van der Waals surface area contributed by atoms with Crippen molar-refractivity contribution in [1.29, 1.82) is 0 Å². The first-order chi connectivity index (χ1) is 11.0. The summed E-state index contributed by atoms with van der Waals surface area (Å²) in [5.41, 5.74) is 0.834. The fourth-order valence-corrected chi connectivity index (χ4v) is 2.70. The van der Waals surface area contributed by atoms with Crippen molar-refractivity contribution in [2.24, 2.45) is 5.92 Å². The predicted octanol–water partition coefficient (Wildman–Crippen LogP) is 3.19. The Labute approximate surface area is 145 Å². The summed E-state index contributed by atoms with van der Waals surface area (Å²) in [5, 5.41) is 7.20. The van der Waals surface area contributed by atoms with Gasteiger partial charge in [0, 0.05) is 26.6 Å². The first-order valence-electron chi connectivity index (χ1n) is 7.97. The van der Waals surface area contributed by atoms with Crippen molar-refractivity contribution >= 4 is 33.3 Å². The molecule has 0 spiro atoms. The molecule has 0 bridgehead atoms. The van der Waals surface area contributed by atoms with Gasteiger partial charge in [0.25, 0.3) is 0 Å². The van der Waals surface area contributed by atoms with Crippen LogP contribution < -0.4 is 5.32 Å². The van der Waals surface area contributed by atoms with E-state index in [0.717, 1.165) is 48.4 Å². The zero-order chi connectivity index (χ0) is 16.8. The molecule has 1 N–H and O–H groups in total. The molecular weight excluding hydrogens is 358 g/mol. The molecule has 2 aromatic rings. The van der Waals surface area contributed by atoms with E-state index in [1.807, 2.05) is 24.1 Å². The molecule has 1 fully saturated rings. The van der Waals surface area contributed by atoms with E-state index in [1.54, 1.807) is 10.7 Å². The molecule has 0 saturated carbocycles. The second-order valence-corrected chi connectivity index (χ2v) is 6.80. The number of carbonyl (C=O) groups excluding carboxylic acids is 1. The van der Waals surface area contributed by atoms with Gasteiger partial charge in [0.2, 0.25) is 5.91 Å². The van der Waals surface area contributed by atoms with Gasteiger partial charge in [-0.25, -0.2) is 9.50 Å². The molecule has 0 aliphatic carbocycles. The highest BCUT2D eigenvalue weighted by Crippen LogP contribution is 2.13. The van der Waals surface area contributed by atoms with E-state index in [4.69, 9.17) is 0 Å². The number of hydrogen-bond acceptors (Lipinski definition) is 4. The van der Waals surface area contributed by atoms with Crippen molar-refractivity contribution in [2.75, 3.05) is 25.5 Å². The van der Waals surface area contributed by atoms with Crippen LogP contribution in [0, 0.1) is 5.92 Å². The number of hydrogen-bond donors (Lipinski definition) is 1. The molecule has 1 amide bonds. The number of amides is 1. The molecule has 0 unspecified atom stereocenters. The van der Waals surface area contributed by atoms with Crippen LogP contribution in [-0.2, 0) is 4.79 Å². The lowest BCUT2D eigenvalue weighted by Crippen LogP contribution is -2.26. The highest BCUT2D eigenvalue weighted by molar-refractivity contribution is 9.10. The van der Waals surface area contributed by atoms with Crippen LogP contribution >= 0.6 is 15.9 Å². The minimum Gasteiger partial charge on any atom is -0.372 e. The minimum absolute atomic E-state index is 0.352.